The van der Waals surface area contributed by atoms with E-state index in [4.69, 9.17) is 0 Å². The summed E-state index contributed by atoms with van der Waals surface area (Å²) >= 11 is 1.65. The van der Waals surface area contributed by atoms with E-state index in [1.165, 1.54) is 0 Å². The van der Waals surface area contributed by atoms with Gasteiger partial charge in [0.2, 0.25) is 5.91 Å². The van der Waals surface area contributed by atoms with Gasteiger partial charge in [-0.25, -0.2) is 0 Å². The summed E-state index contributed by atoms with van der Waals surface area (Å²) in [6.45, 7) is 3.88. The minimum Gasteiger partial charge on any atom is -0.341 e. The summed E-state index contributed by atoms with van der Waals surface area (Å²) in [4.78, 5) is 16.3. The van der Waals surface area contributed by atoms with Crippen molar-refractivity contribution < 1.29 is 4.79 Å². The van der Waals surface area contributed by atoms with Crippen LogP contribution in [0.4, 0.5) is 0 Å². The molecule has 1 aliphatic heterocycles. The van der Waals surface area contributed by atoms with Crippen LogP contribution in [0.2, 0.25) is 0 Å². The summed E-state index contributed by atoms with van der Waals surface area (Å²) in [5.74, 6) is 0.272. The van der Waals surface area contributed by atoms with E-state index in [1.54, 1.807) is 11.3 Å². The summed E-state index contributed by atoms with van der Waals surface area (Å²) in [5, 5.41) is 4.08. The molecule has 1 aromatic heterocycles. The number of hydrogen-bond acceptors (Lipinski definition) is 3. The molecule has 2 rings (SSSR count). The van der Waals surface area contributed by atoms with Crippen LogP contribution in [0.15, 0.2) is 16.8 Å². The van der Waals surface area contributed by atoms with Gasteiger partial charge in [-0.05, 0) is 42.4 Å². The van der Waals surface area contributed by atoms with Crippen LogP contribution in [0.5, 0.6) is 0 Å². The second-order valence-electron chi connectivity index (χ2n) is 4.35. The molecule has 1 aromatic rings. The Morgan fingerprint density at radius 2 is 2.25 bits per heavy atom. The number of nitrogens with zero attached hydrogens (tertiary/aromatic N) is 2. The first-order valence-electron chi connectivity index (χ1n) is 5.73. The van der Waals surface area contributed by atoms with E-state index in [0.29, 0.717) is 6.42 Å². The van der Waals surface area contributed by atoms with Crippen molar-refractivity contribution in [2.75, 3.05) is 33.2 Å². The zero-order valence-electron chi connectivity index (χ0n) is 9.69. The molecule has 2 heterocycles. The maximum Gasteiger partial charge on any atom is 0.227 e. The van der Waals surface area contributed by atoms with Gasteiger partial charge >= 0.3 is 0 Å². The molecular formula is C12H18N2OS. The third kappa shape index (κ3) is 3.06. The highest BCUT2D eigenvalue weighted by Crippen LogP contribution is 2.09. The van der Waals surface area contributed by atoms with Gasteiger partial charge in [0, 0.05) is 19.6 Å². The van der Waals surface area contributed by atoms with Crippen molar-refractivity contribution in [2.24, 2.45) is 0 Å². The van der Waals surface area contributed by atoms with Gasteiger partial charge in [0.15, 0.2) is 0 Å². The molecule has 0 spiro atoms. The van der Waals surface area contributed by atoms with Crippen molar-refractivity contribution in [3.8, 4) is 0 Å². The molecule has 1 fully saturated rings. The molecule has 4 heteroatoms. The number of hydrogen-bond donors (Lipinski definition) is 0. The maximum absolute atomic E-state index is 12.0. The molecule has 0 unspecified atom stereocenters. The van der Waals surface area contributed by atoms with Gasteiger partial charge in [0.25, 0.3) is 0 Å². The van der Waals surface area contributed by atoms with Gasteiger partial charge in [0.1, 0.15) is 0 Å². The molecule has 1 saturated heterocycles. The number of likely N-dealkylation sites (N-methyl/N-ethyl adjacent to an activating group) is 1. The Labute approximate surface area is 101 Å². The van der Waals surface area contributed by atoms with Gasteiger partial charge in [-0.3, -0.25) is 4.79 Å². The van der Waals surface area contributed by atoms with Gasteiger partial charge in [-0.15, -0.1) is 0 Å². The summed E-state index contributed by atoms with van der Waals surface area (Å²) in [6.07, 6.45) is 1.65. The molecule has 16 heavy (non-hydrogen) atoms. The Bertz CT molecular complexity index is 337. The Morgan fingerprint density at radius 1 is 1.38 bits per heavy atom. The quantitative estimate of drug-likeness (QED) is 0.778. The fourth-order valence-corrected chi connectivity index (χ4v) is 2.64. The lowest BCUT2D eigenvalue weighted by Crippen LogP contribution is -2.35. The molecule has 0 saturated carbocycles. The minimum absolute atomic E-state index is 0.272. The highest BCUT2D eigenvalue weighted by atomic mass is 32.1. The first kappa shape index (κ1) is 11.6. The van der Waals surface area contributed by atoms with Crippen molar-refractivity contribution in [2.45, 2.75) is 12.8 Å². The van der Waals surface area contributed by atoms with E-state index in [0.717, 1.165) is 38.2 Å². The largest absolute Gasteiger partial charge is 0.341 e. The molecule has 0 atom stereocenters. The second-order valence-corrected chi connectivity index (χ2v) is 5.13. The van der Waals surface area contributed by atoms with Crippen LogP contribution < -0.4 is 0 Å². The minimum atomic E-state index is 0.272. The zero-order valence-corrected chi connectivity index (χ0v) is 10.5. The van der Waals surface area contributed by atoms with E-state index in [9.17, 15) is 4.79 Å². The third-order valence-corrected chi connectivity index (χ3v) is 3.74. The molecule has 3 nitrogen and oxygen atoms in total. The van der Waals surface area contributed by atoms with Crippen LogP contribution >= 0.6 is 11.3 Å². The van der Waals surface area contributed by atoms with Crippen molar-refractivity contribution in [1.82, 2.24) is 9.80 Å². The monoisotopic (exact) mass is 238 g/mol. The molecule has 1 aliphatic rings. The summed E-state index contributed by atoms with van der Waals surface area (Å²) in [5.41, 5.74) is 1.15. The van der Waals surface area contributed by atoms with Crippen molar-refractivity contribution in [3.63, 3.8) is 0 Å². The predicted molar refractivity (Wildman–Crippen MR) is 66.7 cm³/mol. The highest BCUT2D eigenvalue weighted by molar-refractivity contribution is 7.07. The molecule has 0 N–H and O–H groups in total. The van der Waals surface area contributed by atoms with Crippen molar-refractivity contribution in [3.05, 3.63) is 22.4 Å². The summed E-state index contributed by atoms with van der Waals surface area (Å²) < 4.78 is 0. The van der Waals surface area contributed by atoms with Crippen LogP contribution in [0.1, 0.15) is 12.0 Å². The Morgan fingerprint density at radius 3 is 3.00 bits per heavy atom. The molecule has 88 valence electrons. The van der Waals surface area contributed by atoms with Crippen LogP contribution in [-0.2, 0) is 11.2 Å². The standard InChI is InChI=1S/C12H18N2OS/c1-13-4-2-5-14(7-6-13)12(15)9-11-3-8-16-10-11/h3,8,10H,2,4-7,9H2,1H3. The van der Waals surface area contributed by atoms with E-state index in [2.05, 4.69) is 17.3 Å². The van der Waals surface area contributed by atoms with E-state index in [1.807, 2.05) is 16.3 Å². The molecule has 0 aliphatic carbocycles. The van der Waals surface area contributed by atoms with Gasteiger partial charge in [0.05, 0.1) is 6.42 Å². The number of thiophene rings is 1. The number of rotatable bonds is 2. The fourth-order valence-electron chi connectivity index (χ4n) is 1.98. The highest BCUT2D eigenvalue weighted by Gasteiger charge is 2.17. The number of carbonyl (C=O) groups is 1. The van der Waals surface area contributed by atoms with Crippen LogP contribution in [-0.4, -0.2) is 48.9 Å². The number of amides is 1. The predicted octanol–water partition coefficient (Wildman–Crippen LogP) is 1.45. The average molecular weight is 238 g/mol. The molecule has 0 radical (unpaired) electrons. The van der Waals surface area contributed by atoms with Crippen molar-refractivity contribution in [1.29, 1.82) is 0 Å². The van der Waals surface area contributed by atoms with Gasteiger partial charge in [-0.2, -0.15) is 11.3 Å². The van der Waals surface area contributed by atoms with Crippen LogP contribution in [0.25, 0.3) is 0 Å². The second kappa shape index (κ2) is 5.46. The van der Waals surface area contributed by atoms with Crippen molar-refractivity contribution >= 4 is 17.2 Å². The van der Waals surface area contributed by atoms with E-state index < -0.39 is 0 Å². The van der Waals surface area contributed by atoms with E-state index in [-0.39, 0.29) is 5.91 Å². The molecule has 0 bridgehead atoms. The lowest BCUT2D eigenvalue weighted by molar-refractivity contribution is -0.130. The maximum atomic E-state index is 12.0. The lowest BCUT2D eigenvalue weighted by Gasteiger charge is -2.20. The Balaban J connectivity index is 1.89. The first-order valence-corrected chi connectivity index (χ1v) is 6.67. The topological polar surface area (TPSA) is 23.6 Å². The summed E-state index contributed by atoms with van der Waals surface area (Å²) in [7, 11) is 2.12. The van der Waals surface area contributed by atoms with Crippen LogP contribution in [0, 0.1) is 0 Å². The third-order valence-electron chi connectivity index (χ3n) is 3.01. The SMILES string of the molecule is CN1CCCN(C(=O)Cc2ccsc2)CC1. The Kier molecular flexibility index (Phi) is 3.96. The smallest absolute Gasteiger partial charge is 0.227 e. The van der Waals surface area contributed by atoms with Gasteiger partial charge < -0.3 is 9.80 Å². The lowest BCUT2D eigenvalue weighted by atomic mass is 10.2. The first-order chi connectivity index (χ1) is 7.75. The fraction of sp³-hybridized carbons (Fsp3) is 0.583. The molecule has 1 amide bonds. The molecule has 0 aromatic carbocycles. The average Bonchev–Trinajstić information content (AvgIpc) is 2.66. The van der Waals surface area contributed by atoms with E-state index >= 15 is 0 Å². The number of carbonyl (C=O) groups excluding carboxylic acids is 1. The van der Waals surface area contributed by atoms with Crippen LogP contribution in [0.3, 0.4) is 0 Å². The Hall–Kier alpha value is -0.870. The summed E-state index contributed by atoms with van der Waals surface area (Å²) in [6, 6.07) is 2.03. The van der Waals surface area contributed by atoms with Gasteiger partial charge in [-0.1, -0.05) is 0 Å². The zero-order chi connectivity index (χ0) is 11.4. The molecular weight excluding hydrogens is 220 g/mol. The normalized spacial score (nSPS) is 18.4.